The number of hydrogen-bond acceptors (Lipinski definition) is 10. The van der Waals surface area contributed by atoms with E-state index in [0.717, 1.165) is 0 Å². The molecule has 0 aromatic carbocycles. The first-order valence-corrected chi connectivity index (χ1v) is 26.1. The molecule has 88 heavy (non-hydrogen) atoms. The fraction of sp³-hybridized carbons (Fsp3) is 0.826. The summed E-state index contributed by atoms with van der Waals surface area (Å²) >= 11 is 0. The van der Waals surface area contributed by atoms with Crippen LogP contribution in [0.25, 0.3) is 0 Å². The second-order valence-corrected chi connectivity index (χ2v) is 19.0. The monoisotopic (exact) mass is 1340 g/mol. The van der Waals surface area contributed by atoms with E-state index in [1.807, 2.05) is 0 Å². The molecule has 0 spiro atoms. The molecule has 0 heterocycles. The normalized spacial score (nSPS) is 12.8. The van der Waals surface area contributed by atoms with Crippen molar-refractivity contribution in [3.8, 4) is 0 Å². The average Bonchev–Trinajstić information content (AvgIpc) is 3.56. The van der Waals surface area contributed by atoms with E-state index < -0.39 is 292 Å². The molecule has 0 radical (unpaired) electrons. The zero-order valence-electron chi connectivity index (χ0n) is 46.0. The molecule has 0 fully saturated rings. The van der Waals surface area contributed by atoms with Gasteiger partial charge in [0.25, 0.3) is 0 Å². The van der Waals surface area contributed by atoms with Gasteiger partial charge in [0.2, 0.25) is 0 Å². The summed E-state index contributed by atoms with van der Waals surface area (Å²) in [5.74, 6) is -20.8. The fourth-order valence-electron chi connectivity index (χ4n) is 8.10. The lowest BCUT2D eigenvalue weighted by atomic mass is 10.2. The van der Waals surface area contributed by atoms with Gasteiger partial charge in [0, 0.05) is 118 Å². The van der Waals surface area contributed by atoms with Crippen molar-refractivity contribution in [2.24, 2.45) is 0 Å². The third-order valence-corrected chi connectivity index (χ3v) is 12.2. The molecule has 0 saturated heterocycles. The van der Waals surface area contributed by atoms with Gasteiger partial charge in [-0.05, 0) is 77.0 Å². The highest BCUT2D eigenvalue weighted by atomic mass is 19.4. The van der Waals surface area contributed by atoms with E-state index in [1.165, 1.54) is 0 Å². The van der Waals surface area contributed by atoms with E-state index in [0.29, 0.717) is 0 Å². The molecule has 0 saturated carbocycles. The molecule has 42 heteroatoms. The van der Waals surface area contributed by atoms with Crippen LogP contribution in [0.4, 0.5) is 105 Å². The lowest BCUT2D eigenvalue weighted by Gasteiger charge is -2.29. The molecule has 0 aliphatic heterocycles. The Hall–Kier alpha value is -6.00. The Morgan fingerprint density at radius 2 is 0.273 bits per heavy atom. The molecule has 0 aliphatic carbocycles. The maximum absolute atomic E-state index is 13.6. The molecule has 0 bridgehead atoms. The maximum Gasteiger partial charge on any atom is 0.471 e. The summed E-state index contributed by atoms with van der Waals surface area (Å²) in [5.41, 5.74) is 0. The third-order valence-electron chi connectivity index (χ3n) is 12.2. The van der Waals surface area contributed by atoms with E-state index in [1.54, 1.807) is 0 Å². The zero-order valence-corrected chi connectivity index (χ0v) is 46.0. The van der Waals surface area contributed by atoms with E-state index in [2.05, 4.69) is 0 Å². The minimum Gasteiger partial charge on any atom is -0.396 e. The smallest absolute Gasteiger partial charge is 0.396 e. The number of alkyl halides is 24. The van der Waals surface area contributed by atoms with Crippen molar-refractivity contribution in [1.29, 1.82) is 0 Å². The van der Waals surface area contributed by atoms with Gasteiger partial charge in [0.1, 0.15) is 0 Å². The van der Waals surface area contributed by atoms with Crippen LogP contribution in [-0.4, -0.2) is 264 Å². The molecule has 0 rings (SSSR count). The number of aliphatic hydroxyl groups excluding tert-OH is 2. The third kappa shape index (κ3) is 31.0. The molecule has 0 aliphatic rings. The predicted octanol–water partition coefficient (Wildman–Crippen LogP) is 6.78. The Morgan fingerprint density at radius 1 is 0.182 bits per heavy atom. The van der Waals surface area contributed by atoms with Crippen LogP contribution in [0.3, 0.4) is 0 Å². The molecule has 18 nitrogen and oxygen atoms in total. The molecular weight excluding hydrogens is 1280 g/mol. The minimum atomic E-state index is -5.75. The second-order valence-electron chi connectivity index (χ2n) is 19.0. The van der Waals surface area contributed by atoms with Gasteiger partial charge in [0.15, 0.2) is 0 Å². The summed E-state index contributed by atoms with van der Waals surface area (Å²) < 4.78 is 322. The van der Waals surface area contributed by atoms with Crippen molar-refractivity contribution >= 4 is 47.3 Å². The Bertz CT molecular complexity index is 2060. The number of carbonyl (C=O) groups is 8. The summed E-state index contributed by atoms with van der Waals surface area (Å²) in [6.07, 6.45) is -53.6. The number of hydrogen-bond donors (Lipinski definition) is 2. The highest BCUT2D eigenvalue weighted by Gasteiger charge is 2.49. The molecule has 2 N–H and O–H groups in total. The number of amides is 8. The molecule has 0 aromatic rings. The molecule has 8 amide bonds. The van der Waals surface area contributed by atoms with Crippen LogP contribution in [0, 0.1) is 0 Å². The van der Waals surface area contributed by atoms with Crippen molar-refractivity contribution in [3.05, 3.63) is 0 Å². The van der Waals surface area contributed by atoms with Crippen LogP contribution in [0.2, 0.25) is 0 Å². The first-order chi connectivity index (χ1) is 40.0. The van der Waals surface area contributed by atoms with Gasteiger partial charge >= 0.3 is 96.7 Å². The van der Waals surface area contributed by atoms with Crippen molar-refractivity contribution in [3.63, 3.8) is 0 Å². The average molecular weight is 1340 g/mol. The topological polar surface area (TPSA) is 203 Å². The van der Waals surface area contributed by atoms with E-state index in [4.69, 9.17) is 10.2 Å². The fourth-order valence-corrected chi connectivity index (χ4v) is 8.10. The summed E-state index contributed by atoms with van der Waals surface area (Å²) in [7, 11) is 0. The van der Waals surface area contributed by atoms with Gasteiger partial charge < -0.3 is 49.4 Å². The molecule has 0 unspecified atom stereocenters. The Balaban J connectivity index is 6.13. The van der Waals surface area contributed by atoms with Crippen LogP contribution >= 0.6 is 0 Å². The van der Waals surface area contributed by atoms with Gasteiger partial charge in [-0.3, -0.25) is 38.4 Å². The summed E-state index contributed by atoms with van der Waals surface area (Å²) in [5, 5.41) is 17.8. The molecule has 0 aromatic heterocycles. The van der Waals surface area contributed by atoms with Crippen LogP contribution in [0.15, 0.2) is 0 Å². The number of halogens is 24. The predicted molar refractivity (Wildman–Crippen MR) is 251 cm³/mol. The number of carbonyl (C=O) groups excluding carboxylic acids is 8. The van der Waals surface area contributed by atoms with Gasteiger partial charge in [0.05, 0.1) is 0 Å². The number of unbranched alkanes of at least 4 members (excludes halogenated alkanes) is 3. The zero-order chi connectivity index (χ0) is 68.5. The highest BCUT2D eigenvalue weighted by Crippen LogP contribution is 2.27. The first kappa shape index (κ1) is 82.0. The van der Waals surface area contributed by atoms with Crippen molar-refractivity contribution < 1.29 is 154 Å². The molecular formula is C46H62F24N8O10. The number of nitrogens with zero attached hydrogens (tertiary/aromatic N) is 8. The summed E-state index contributed by atoms with van der Waals surface area (Å²) in [6, 6.07) is 0. The van der Waals surface area contributed by atoms with Crippen molar-refractivity contribution in [2.45, 2.75) is 126 Å². The standard InChI is InChI=1S/C46H62F24N8O10/c47-39(48,49)31(81)71(19-7-21-73(33(83)41(53,54)55)15-3-5-17-75(35(85)43(59,60)61)23-9-25-77(27-11-29-79)37(87)45(65,66)67)13-1-2-14-72(32(82)40(50,51)52)20-8-22-74(34(84)42(56,57)58)16-4-6-18-76(36(86)44(62,63)64)24-10-26-78(28-12-30-80)38(88)46(68,69)70/h79-80H,1-30H2. The molecule has 514 valence electrons. The second kappa shape index (κ2) is 36.0. The summed E-state index contributed by atoms with van der Waals surface area (Å²) in [4.78, 5) is 96.8. The van der Waals surface area contributed by atoms with E-state index >= 15 is 0 Å². The van der Waals surface area contributed by atoms with Gasteiger partial charge in [-0.15, -0.1) is 0 Å². The Kier molecular flexibility index (Phi) is 33.5. The lowest BCUT2D eigenvalue weighted by molar-refractivity contribution is -0.187. The summed E-state index contributed by atoms with van der Waals surface area (Å²) in [6.45, 7) is -17.6. The van der Waals surface area contributed by atoms with Crippen molar-refractivity contribution in [2.75, 3.05) is 118 Å². The van der Waals surface area contributed by atoms with Crippen LogP contribution in [0.5, 0.6) is 0 Å². The molecule has 0 atom stereocenters. The van der Waals surface area contributed by atoms with E-state index in [9.17, 15) is 144 Å². The SMILES string of the molecule is O=C(N(CCCO)CCCN(CCCCN(CCCN(CCCCN(CCCN(CCCCN(CCCN(CCCO)C(=O)C(F)(F)F)C(=O)C(F)(F)F)C(=O)C(F)(F)F)C(=O)C(F)(F)F)C(=O)C(F)(F)F)C(=O)C(F)(F)F)C(=O)C(F)(F)F)C(F)(F)F. The lowest BCUT2D eigenvalue weighted by Crippen LogP contribution is -2.46. The Labute approximate surface area is 484 Å². The van der Waals surface area contributed by atoms with Gasteiger partial charge in [-0.2, -0.15) is 105 Å². The number of rotatable bonds is 37. The highest BCUT2D eigenvalue weighted by molar-refractivity contribution is 5.85. The largest absolute Gasteiger partial charge is 0.471 e. The first-order valence-electron chi connectivity index (χ1n) is 26.1. The van der Waals surface area contributed by atoms with Crippen LogP contribution < -0.4 is 0 Å². The van der Waals surface area contributed by atoms with Gasteiger partial charge in [-0.1, -0.05) is 0 Å². The van der Waals surface area contributed by atoms with Gasteiger partial charge in [-0.25, -0.2) is 0 Å². The van der Waals surface area contributed by atoms with Crippen LogP contribution in [0.1, 0.15) is 77.0 Å². The number of aliphatic hydroxyl groups is 2. The quantitative estimate of drug-likeness (QED) is 0.0493. The minimum absolute atomic E-state index is 0.0169. The maximum atomic E-state index is 13.6. The Morgan fingerprint density at radius 3 is 0.364 bits per heavy atom. The van der Waals surface area contributed by atoms with E-state index in [-0.39, 0.29) is 39.2 Å². The van der Waals surface area contributed by atoms with Crippen LogP contribution in [-0.2, 0) is 38.4 Å². The van der Waals surface area contributed by atoms with Crippen molar-refractivity contribution in [1.82, 2.24) is 39.2 Å².